The molecule has 0 spiro atoms. The van der Waals surface area contributed by atoms with Gasteiger partial charge in [-0.2, -0.15) is 0 Å². The molecule has 3 aromatic carbocycles. The molecule has 1 unspecified atom stereocenters. The molecular weight excluding hydrogens is 649 g/mol. The fourth-order valence-electron chi connectivity index (χ4n) is 5.85. The lowest BCUT2D eigenvalue weighted by atomic mass is 9.71. The molecule has 11 heteroatoms. The molecule has 0 N–H and O–H groups in total. The van der Waals surface area contributed by atoms with E-state index in [2.05, 4.69) is 13.8 Å². The van der Waals surface area contributed by atoms with Gasteiger partial charge in [-0.25, -0.2) is 18.2 Å². The largest absolute Gasteiger partial charge is 0.495 e. The van der Waals surface area contributed by atoms with Crippen LogP contribution in [0.25, 0.3) is 5.69 Å². The van der Waals surface area contributed by atoms with Gasteiger partial charge in [0.05, 0.1) is 43.3 Å². The number of halogens is 4. The average Bonchev–Trinajstić information content (AvgIpc) is 3.44. The van der Waals surface area contributed by atoms with E-state index in [1.807, 2.05) is 22.8 Å². The third-order valence-corrected chi connectivity index (χ3v) is 9.65. The normalized spacial score (nSPS) is 15.9. The SMILES string of the molecule is CCCCOCCOCCOc1cc(F)c(CSc2nc3c(n2-c2ccc(F)cc2)C(C)(c2ccc(Cl)c(OC)c2)CCC3)c(F)c1. The molecule has 0 bridgehead atoms. The quantitative estimate of drug-likeness (QED) is 0.0865. The first kappa shape index (κ1) is 35.1. The molecule has 0 amide bonds. The Bertz CT molecular complexity index is 1630. The Hall–Kier alpha value is -3.18. The highest BCUT2D eigenvalue weighted by molar-refractivity contribution is 7.98. The van der Waals surface area contributed by atoms with Crippen molar-refractivity contribution in [3.63, 3.8) is 0 Å². The van der Waals surface area contributed by atoms with Crippen molar-refractivity contribution in [1.82, 2.24) is 9.55 Å². The molecule has 5 rings (SSSR count). The molecule has 252 valence electrons. The van der Waals surface area contributed by atoms with Crippen LogP contribution in [-0.2, 0) is 27.1 Å². The van der Waals surface area contributed by atoms with E-state index in [4.69, 9.17) is 35.5 Å². The molecule has 1 aliphatic carbocycles. The zero-order chi connectivity index (χ0) is 33.4. The van der Waals surface area contributed by atoms with Crippen LogP contribution < -0.4 is 9.47 Å². The molecule has 0 radical (unpaired) electrons. The van der Waals surface area contributed by atoms with Crippen molar-refractivity contribution in [3.8, 4) is 17.2 Å². The zero-order valence-corrected chi connectivity index (χ0v) is 28.5. The summed E-state index contributed by atoms with van der Waals surface area (Å²) >= 11 is 7.59. The number of nitrogens with zero attached hydrogens (tertiary/aromatic N) is 2. The molecule has 6 nitrogen and oxygen atoms in total. The minimum absolute atomic E-state index is 0.0122. The van der Waals surface area contributed by atoms with E-state index >= 15 is 8.78 Å². The van der Waals surface area contributed by atoms with E-state index in [1.165, 1.54) is 36.0 Å². The van der Waals surface area contributed by atoms with Crippen molar-refractivity contribution in [2.75, 3.05) is 40.1 Å². The second-order valence-corrected chi connectivity index (χ2v) is 13.0. The Morgan fingerprint density at radius 2 is 1.64 bits per heavy atom. The van der Waals surface area contributed by atoms with Crippen LogP contribution in [0.5, 0.6) is 11.5 Å². The molecule has 0 fully saturated rings. The van der Waals surface area contributed by atoms with Gasteiger partial charge in [-0.3, -0.25) is 4.57 Å². The smallest absolute Gasteiger partial charge is 0.173 e. The Labute approximate surface area is 283 Å². The fraction of sp³-hybridized carbons (Fsp3) is 0.417. The first-order valence-corrected chi connectivity index (χ1v) is 17.2. The maximum Gasteiger partial charge on any atom is 0.173 e. The van der Waals surface area contributed by atoms with Crippen LogP contribution in [0, 0.1) is 17.5 Å². The molecule has 1 aromatic heterocycles. The van der Waals surface area contributed by atoms with E-state index in [1.54, 1.807) is 19.2 Å². The highest BCUT2D eigenvalue weighted by Gasteiger charge is 2.40. The minimum atomic E-state index is -0.708. The lowest BCUT2D eigenvalue weighted by Gasteiger charge is -2.36. The van der Waals surface area contributed by atoms with Crippen LogP contribution in [0.1, 0.15) is 62.0 Å². The molecule has 1 heterocycles. The van der Waals surface area contributed by atoms with Crippen LogP contribution in [0.3, 0.4) is 0 Å². The number of benzene rings is 3. The van der Waals surface area contributed by atoms with Crippen molar-refractivity contribution >= 4 is 23.4 Å². The second kappa shape index (κ2) is 16.3. The van der Waals surface area contributed by atoms with Crippen LogP contribution >= 0.6 is 23.4 Å². The number of hydrogen-bond donors (Lipinski definition) is 0. The van der Waals surface area contributed by atoms with Crippen molar-refractivity contribution in [2.45, 2.75) is 62.3 Å². The first-order valence-electron chi connectivity index (χ1n) is 15.9. The number of ether oxygens (including phenoxy) is 4. The highest BCUT2D eigenvalue weighted by Crippen LogP contribution is 2.47. The van der Waals surface area contributed by atoms with E-state index in [0.717, 1.165) is 49.1 Å². The lowest BCUT2D eigenvalue weighted by Crippen LogP contribution is -2.31. The molecule has 0 saturated carbocycles. The maximum absolute atomic E-state index is 15.3. The van der Waals surface area contributed by atoms with Crippen molar-refractivity contribution in [1.29, 1.82) is 0 Å². The van der Waals surface area contributed by atoms with E-state index in [9.17, 15) is 4.39 Å². The summed E-state index contributed by atoms with van der Waals surface area (Å²) in [6.07, 6.45) is 4.53. The molecule has 4 aromatic rings. The van der Waals surface area contributed by atoms with Gasteiger partial charge in [0, 0.05) is 41.2 Å². The second-order valence-electron chi connectivity index (χ2n) is 11.6. The topological polar surface area (TPSA) is 54.7 Å². The number of fused-ring (bicyclic) bond motifs is 1. The van der Waals surface area contributed by atoms with E-state index in [-0.39, 0.29) is 36.1 Å². The van der Waals surface area contributed by atoms with Gasteiger partial charge < -0.3 is 18.9 Å². The van der Waals surface area contributed by atoms with Gasteiger partial charge in [0.25, 0.3) is 0 Å². The monoisotopic (exact) mass is 688 g/mol. The standard InChI is InChI=1S/C36H40ClF3N2O4S/c1-4-5-15-44-16-17-45-18-19-46-27-21-30(39)28(31(40)22-27)23-47-35-41-32-7-6-14-36(2,24-8-13-29(37)33(20-24)43-3)34(32)42(35)26-11-9-25(38)10-12-26/h8-13,20-22H,4-7,14-19,23H2,1-3H3. The predicted octanol–water partition coefficient (Wildman–Crippen LogP) is 9.10. The number of thioether (sulfide) groups is 1. The van der Waals surface area contributed by atoms with Gasteiger partial charge in [0.2, 0.25) is 0 Å². The molecule has 0 aliphatic heterocycles. The third-order valence-electron chi connectivity index (χ3n) is 8.38. The summed E-state index contributed by atoms with van der Waals surface area (Å²) < 4.78 is 68.5. The average molecular weight is 689 g/mol. The van der Waals surface area contributed by atoms with E-state index in [0.29, 0.717) is 41.4 Å². The summed E-state index contributed by atoms with van der Waals surface area (Å²) in [5.74, 6) is -1.13. The molecule has 0 saturated heterocycles. The summed E-state index contributed by atoms with van der Waals surface area (Å²) in [6.45, 7) is 6.30. The highest BCUT2D eigenvalue weighted by atomic mass is 35.5. The Morgan fingerprint density at radius 3 is 2.34 bits per heavy atom. The van der Waals surface area contributed by atoms with Gasteiger partial charge in [-0.1, -0.05) is 42.8 Å². The number of unbranched alkanes of at least 4 members (excludes halogenated alkanes) is 1. The number of aryl methyl sites for hydroxylation is 1. The zero-order valence-electron chi connectivity index (χ0n) is 26.9. The van der Waals surface area contributed by atoms with Crippen LogP contribution in [0.15, 0.2) is 59.8 Å². The summed E-state index contributed by atoms with van der Waals surface area (Å²) in [5, 5.41) is 1.07. The lowest BCUT2D eigenvalue weighted by molar-refractivity contribution is 0.0355. The minimum Gasteiger partial charge on any atom is -0.495 e. The molecular formula is C36H40ClF3N2O4S. The number of imidazole rings is 1. The summed E-state index contributed by atoms with van der Waals surface area (Å²) in [4.78, 5) is 4.99. The van der Waals surface area contributed by atoms with Gasteiger partial charge in [-0.05, 0) is 74.6 Å². The van der Waals surface area contributed by atoms with Crippen molar-refractivity contribution in [2.24, 2.45) is 0 Å². The number of methoxy groups -OCH3 is 1. The predicted molar refractivity (Wildman–Crippen MR) is 179 cm³/mol. The number of hydrogen-bond acceptors (Lipinski definition) is 6. The van der Waals surface area contributed by atoms with Crippen molar-refractivity contribution in [3.05, 3.63) is 99.6 Å². The fourth-order valence-corrected chi connectivity index (χ4v) is 7.09. The van der Waals surface area contributed by atoms with Gasteiger partial charge in [0.1, 0.15) is 35.6 Å². The van der Waals surface area contributed by atoms with Gasteiger partial charge in [0.15, 0.2) is 5.16 Å². The molecule has 1 aliphatic rings. The van der Waals surface area contributed by atoms with Gasteiger partial charge >= 0.3 is 0 Å². The number of rotatable bonds is 16. The van der Waals surface area contributed by atoms with Gasteiger partial charge in [-0.15, -0.1) is 0 Å². The van der Waals surface area contributed by atoms with Crippen LogP contribution in [0.2, 0.25) is 5.02 Å². The van der Waals surface area contributed by atoms with Crippen LogP contribution in [0.4, 0.5) is 13.2 Å². The van der Waals surface area contributed by atoms with E-state index < -0.39 is 17.0 Å². The number of aromatic nitrogens is 2. The Morgan fingerprint density at radius 1 is 0.936 bits per heavy atom. The summed E-state index contributed by atoms with van der Waals surface area (Å²) in [5.41, 5.74) is 2.96. The Balaban J connectivity index is 1.36. The Kier molecular flexibility index (Phi) is 12.2. The van der Waals surface area contributed by atoms with Crippen LogP contribution in [-0.4, -0.2) is 49.7 Å². The first-order chi connectivity index (χ1) is 22.7. The summed E-state index contributed by atoms with van der Waals surface area (Å²) in [6, 6.07) is 14.3. The molecule has 47 heavy (non-hydrogen) atoms. The maximum atomic E-state index is 15.3. The molecule has 1 atom stereocenters. The third kappa shape index (κ3) is 8.28. The summed E-state index contributed by atoms with van der Waals surface area (Å²) in [7, 11) is 1.58. The van der Waals surface area contributed by atoms with Crippen molar-refractivity contribution < 1.29 is 32.1 Å².